The van der Waals surface area contributed by atoms with Gasteiger partial charge in [-0.2, -0.15) is 0 Å². The number of piperazine rings is 1. The predicted molar refractivity (Wildman–Crippen MR) is 101 cm³/mol. The number of nitrogens with zero attached hydrogens (tertiary/aromatic N) is 1. The number of benzene rings is 2. The Labute approximate surface area is 156 Å². The molecule has 1 unspecified atom stereocenters. The van der Waals surface area contributed by atoms with Crippen molar-refractivity contribution in [3.05, 3.63) is 64.6 Å². The van der Waals surface area contributed by atoms with E-state index >= 15 is 0 Å². The number of carbonyl (C=O) groups is 1. The third kappa shape index (κ3) is 4.50. The van der Waals surface area contributed by atoms with Gasteiger partial charge in [-0.3, -0.25) is 4.79 Å². The normalized spacial score (nSPS) is 15.3. The molecule has 0 bridgehead atoms. The maximum Gasteiger partial charge on any atom is 0.268 e. The van der Waals surface area contributed by atoms with Crippen LogP contribution in [0, 0.1) is 0 Å². The Kier molecular flexibility index (Phi) is 7.09. The Morgan fingerprint density at radius 1 is 1.04 bits per heavy atom. The summed E-state index contributed by atoms with van der Waals surface area (Å²) in [4.78, 5) is 14.8. The molecule has 6 heteroatoms. The number of amides is 1. The van der Waals surface area contributed by atoms with Crippen molar-refractivity contribution in [3.63, 3.8) is 0 Å². The average molecular weight is 412 g/mol. The van der Waals surface area contributed by atoms with Gasteiger partial charge in [0.25, 0.3) is 5.91 Å². The summed E-state index contributed by atoms with van der Waals surface area (Å²) in [6.45, 7) is 3.06. The minimum atomic E-state index is -0.631. The molecule has 1 heterocycles. The molecule has 1 atom stereocenters. The lowest BCUT2D eigenvalue weighted by atomic mass is 10.1. The van der Waals surface area contributed by atoms with E-state index in [4.69, 9.17) is 4.74 Å². The summed E-state index contributed by atoms with van der Waals surface area (Å²) < 4.78 is 6.93. The van der Waals surface area contributed by atoms with E-state index < -0.39 is 6.10 Å². The van der Waals surface area contributed by atoms with E-state index in [2.05, 4.69) is 21.2 Å². The van der Waals surface area contributed by atoms with Gasteiger partial charge >= 0.3 is 0 Å². The van der Waals surface area contributed by atoms with Crippen molar-refractivity contribution < 1.29 is 9.53 Å². The zero-order valence-corrected chi connectivity index (χ0v) is 15.6. The highest BCUT2D eigenvalue weighted by molar-refractivity contribution is 9.10. The summed E-state index contributed by atoms with van der Waals surface area (Å²) >= 11 is 3.48. The van der Waals surface area contributed by atoms with Crippen molar-refractivity contribution in [1.29, 1.82) is 0 Å². The molecule has 1 fully saturated rings. The third-order valence-electron chi connectivity index (χ3n) is 3.84. The highest BCUT2D eigenvalue weighted by Gasteiger charge is 2.29. The molecular weight excluding hydrogens is 392 g/mol. The average Bonchev–Trinajstić information content (AvgIpc) is 2.62. The molecule has 0 aliphatic carbocycles. The second-order valence-corrected chi connectivity index (χ2v) is 6.27. The molecule has 128 valence electrons. The molecular formula is C18H20BrClN2O2. The van der Waals surface area contributed by atoms with Gasteiger partial charge in [-0.1, -0.05) is 42.5 Å². The Hall–Kier alpha value is -1.56. The number of hydrogen-bond acceptors (Lipinski definition) is 3. The van der Waals surface area contributed by atoms with Crippen LogP contribution in [0.25, 0.3) is 0 Å². The molecule has 24 heavy (non-hydrogen) atoms. The quantitative estimate of drug-likeness (QED) is 0.838. The van der Waals surface area contributed by atoms with Crippen molar-refractivity contribution in [2.45, 2.75) is 6.10 Å². The van der Waals surface area contributed by atoms with Crippen molar-refractivity contribution in [3.8, 4) is 5.75 Å². The first kappa shape index (κ1) is 18.8. The van der Waals surface area contributed by atoms with Gasteiger partial charge in [-0.15, -0.1) is 12.4 Å². The first-order valence-corrected chi connectivity index (χ1v) is 8.50. The molecule has 3 rings (SSSR count). The van der Waals surface area contributed by atoms with Crippen molar-refractivity contribution >= 4 is 34.2 Å². The van der Waals surface area contributed by atoms with Gasteiger partial charge in [0.1, 0.15) is 5.75 Å². The molecule has 0 aromatic heterocycles. The summed E-state index contributed by atoms with van der Waals surface area (Å²) in [5.41, 5.74) is 0.867. The standard InChI is InChI=1S/C18H19BrN2O2.ClH/c19-15-8-4-5-9-16(15)23-17(14-6-2-1-3-7-14)18(22)21-12-10-20-11-13-21;/h1-9,17,20H,10-13H2;1H. The summed E-state index contributed by atoms with van der Waals surface area (Å²) in [7, 11) is 0. The molecule has 0 spiro atoms. The monoisotopic (exact) mass is 410 g/mol. The lowest BCUT2D eigenvalue weighted by Gasteiger charge is -2.31. The minimum Gasteiger partial charge on any atom is -0.475 e. The summed E-state index contributed by atoms with van der Waals surface area (Å²) in [5.74, 6) is 0.679. The fourth-order valence-corrected chi connectivity index (χ4v) is 2.99. The fraction of sp³-hybridized carbons (Fsp3) is 0.278. The molecule has 0 saturated carbocycles. The maximum atomic E-state index is 13.0. The molecule has 1 aliphatic rings. The van der Waals surface area contributed by atoms with Crippen LogP contribution in [0.5, 0.6) is 5.75 Å². The molecule has 1 aliphatic heterocycles. The van der Waals surface area contributed by atoms with E-state index in [1.807, 2.05) is 59.5 Å². The van der Waals surface area contributed by atoms with Gasteiger partial charge in [0.15, 0.2) is 0 Å². The predicted octanol–water partition coefficient (Wildman–Crippen LogP) is 3.42. The van der Waals surface area contributed by atoms with Gasteiger partial charge in [0.05, 0.1) is 4.47 Å². The van der Waals surface area contributed by atoms with Crippen LogP contribution >= 0.6 is 28.3 Å². The van der Waals surface area contributed by atoms with Crippen LogP contribution in [-0.4, -0.2) is 37.0 Å². The van der Waals surface area contributed by atoms with Crippen LogP contribution in [0.4, 0.5) is 0 Å². The number of ether oxygens (including phenoxy) is 1. The number of carbonyl (C=O) groups excluding carboxylic acids is 1. The van der Waals surface area contributed by atoms with E-state index in [0.717, 1.165) is 23.1 Å². The van der Waals surface area contributed by atoms with Crippen LogP contribution in [0.15, 0.2) is 59.1 Å². The SMILES string of the molecule is Cl.O=C(C(Oc1ccccc1Br)c1ccccc1)N1CCNCC1. The summed E-state index contributed by atoms with van der Waals surface area (Å²) in [5, 5.41) is 3.26. The number of nitrogens with one attached hydrogen (secondary N) is 1. The largest absolute Gasteiger partial charge is 0.475 e. The highest BCUT2D eigenvalue weighted by Crippen LogP contribution is 2.30. The molecule has 1 amide bonds. The summed E-state index contributed by atoms with van der Waals surface area (Å²) in [6.07, 6.45) is -0.631. The van der Waals surface area contributed by atoms with E-state index in [0.29, 0.717) is 18.8 Å². The van der Waals surface area contributed by atoms with Crippen LogP contribution in [-0.2, 0) is 4.79 Å². The summed E-state index contributed by atoms with van der Waals surface area (Å²) in [6, 6.07) is 17.3. The maximum absolute atomic E-state index is 13.0. The second kappa shape index (κ2) is 9.06. The molecule has 0 radical (unpaired) electrons. The van der Waals surface area contributed by atoms with Crippen LogP contribution in [0.2, 0.25) is 0 Å². The smallest absolute Gasteiger partial charge is 0.268 e. The fourth-order valence-electron chi connectivity index (χ4n) is 2.61. The first-order chi connectivity index (χ1) is 11.3. The molecule has 1 N–H and O–H groups in total. The lowest BCUT2D eigenvalue weighted by molar-refractivity contribution is -0.139. The van der Waals surface area contributed by atoms with Crippen LogP contribution < -0.4 is 10.1 Å². The zero-order valence-electron chi connectivity index (χ0n) is 13.2. The molecule has 4 nitrogen and oxygen atoms in total. The lowest BCUT2D eigenvalue weighted by Crippen LogP contribution is -2.48. The van der Waals surface area contributed by atoms with E-state index in [1.54, 1.807) is 0 Å². The second-order valence-electron chi connectivity index (χ2n) is 5.41. The molecule has 2 aromatic carbocycles. The third-order valence-corrected chi connectivity index (χ3v) is 4.49. The molecule has 2 aromatic rings. The van der Waals surface area contributed by atoms with Gasteiger partial charge in [0.2, 0.25) is 6.10 Å². The first-order valence-electron chi connectivity index (χ1n) is 7.71. The number of rotatable bonds is 4. The van der Waals surface area contributed by atoms with Crippen LogP contribution in [0.1, 0.15) is 11.7 Å². The van der Waals surface area contributed by atoms with E-state index in [-0.39, 0.29) is 18.3 Å². The Morgan fingerprint density at radius 2 is 1.67 bits per heavy atom. The Bertz CT molecular complexity index is 663. The molecule has 1 saturated heterocycles. The Balaban J connectivity index is 0.00000208. The Morgan fingerprint density at radius 3 is 2.33 bits per heavy atom. The minimum absolute atomic E-state index is 0. The number of para-hydroxylation sites is 1. The van der Waals surface area contributed by atoms with Crippen molar-refractivity contribution in [2.24, 2.45) is 0 Å². The van der Waals surface area contributed by atoms with E-state index in [1.165, 1.54) is 0 Å². The van der Waals surface area contributed by atoms with Gasteiger partial charge in [-0.25, -0.2) is 0 Å². The van der Waals surface area contributed by atoms with Gasteiger partial charge in [-0.05, 0) is 28.1 Å². The highest BCUT2D eigenvalue weighted by atomic mass is 79.9. The number of hydrogen-bond donors (Lipinski definition) is 1. The van der Waals surface area contributed by atoms with Gasteiger partial charge < -0.3 is 15.0 Å². The zero-order chi connectivity index (χ0) is 16.1. The van der Waals surface area contributed by atoms with Gasteiger partial charge in [0, 0.05) is 31.7 Å². The van der Waals surface area contributed by atoms with Crippen molar-refractivity contribution in [1.82, 2.24) is 10.2 Å². The number of halogens is 2. The topological polar surface area (TPSA) is 41.6 Å². The van der Waals surface area contributed by atoms with E-state index in [9.17, 15) is 4.79 Å². The van der Waals surface area contributed by atoms with Crippen molar-refractivity contribution in [2.75, 3.05) is 26.2 Å². The van der Waals surface area contributed by atoms with Crippen LogP contribution in [0.3, 0.4) is 0 Å².